The van der Waals surface area contributed by atoms with Crippen LogP contribution in [0.2, 0.25) is 0 Å². The van der Waals surface area contributed by atoms with Crippen LogP contribution in [0.5, 0.6) is 0 Å². The number of hydrogen-bond acceptors (Lipinski definition) is 3. The molecule has 0 atom stereocenters. The zero-order chi connectivity index (χ0) is 10.5. The lowest BCUT2D eigenvalue weighted by atomic mass is 9.78. The molecule has 0 amide bonds. The number of nitrogens with two attached hydrogens (primary N) is 1. The highest BCUT2D eigenvalue weighted by Crippen LogP contribution is 2.46. The molecule has 1 aliphatic heterocycles. The number of nitrogens with one attached hydrogen (secondary N) is 1. The Morgan fingerprint density at radius 2 is 2.27 bits per heavy atom. The summed E-state index contributed by atoms with van der Waals surface area (Å²) >= 11 is 0. The average molecular weight is 206 g/mol. The standard InChI is InChI=1S/C11H18N4/c1-15-6-9-10(14-7-13-9)11(15)4-2-8(12)3-5-11/h7-8H,2-6,12H2,1H3,(H,13,14). The van der Waals surface area contributed by atoms with Crippen LogP contribution in [0.3, 0.4) is 0 Å². The first-order chi connectivity index (χ1) is 7.22. The van der Waals surface area contributed by atoms with E-state index in [1.807, 2.05) is 6.33 Å². The quantitative estimate of drug-likeness (QED) is 0.664. The summed E-state index contributed by atoms with van der Waals surface area (Å²) in [5.41, 5.74) is 8.74. The molecule has 1 spiro atoms. The molecule has 1 saturated carbocycles. The molecule has 2 aliphatic rings. The van der Waals surface area contributed by atoms with Gasteiger partial charge in [-0.3, -0.25) is 4.90 Å². The minimum absolute atomic E-state index is 0.186. The van der Waals surface area contributed by atoms with Crippen LogP contribution in [0.4, 0.5) is 0 Å². The highest BCUT2D eigenvalue weighted by molar-refractivity contribution is 5.28. The summed E-state index contributed by atoms with van der Waals surface area (Å²) in [6, 6.07) is 0.395. The molecule has 3 N–H and O–H groups in total. The molecule has 0 radical (unpaired) electrons. The molecule has 1 aromatic heterocycles. The Kier molecular flexibility index (Phi) is 1.91. The third-order valence-corrected chi connectivity index (χ3v) is 4.14. The van der Waals surface area contributed by atoms with Gasteiger partial charge in [-0.1, -0.05) is 0 Å². The first-order valence-electron chi connectivity index (χ1n) is 5.72. The molecular formula is C11H18N4. The van der Waals surface area contributed by atoms with Crippen molar-refractivity contribution >= 4 is 0 Å². The van der Waals surface area contributed by atoms with Gasteiger partial charge in [0.1, 0.15) is 0 Å². The summed E-state index contributed by atoms with van der Waals surface area (Å²) in [7, 11) is 2.20. The molecule has 0 aromatic carbocycles. The number of H-pyrrole nitrogens is 1. The van der Waals surface area contributed by atoms with Crippen LogP contribution in [0, 0.1) is 0 Å². The Morgan fingerprint density at radius 1 is 1.53 bits per heavy atom. The van der Waals surface area contributed by atoms with E-state index in [1.54, 1.807) is 0 Å². The van der Waals surface area contributed by atoms with E-state index >= 15 is 0 Å². The molecule has 15 heavy (non-hydrogen) atoms. The molecule has 1 aromatic rings. The zero-order valence-electron chi connectivity index (χ0n) is 9.16. The van der Waals surface area contributed by atoms with Gasteiger partial charge in [0.25, 0.3) is 0 Å². The predicted octanol–water partition coefficient (Wildman–Crippen LogP) is 0.952. The van der Waals surface area contributed by atoms with E-state index < -0.39 is 0 Å². The van der Waals surface area contributed by atoms with Crippen molar-refractivity contribution in [1.82, 2.24) is 14.9 Å². The summed E-state index contributed by atoms with van der Waals surface area (Å²) in [5.74, 6) is 0. The second-order valence-electron chi connectivity index (χ2n) is 4.95. The number of fused-ring (bicyclic) bond motifs is 2. The van der Waals surface area contributed by atoms with Crippen molar-refractivity contribution in [2.24, 2.45) is 5.73 Å². The maximum absolute atomic E-state index is 5.98. The SMILES string of the molecule is CN1Cc2[nH]cnc2C12CCC(N)CC2. The maximum atomic E-state index is 5.98. The van der Waals surface area contributed by atoms with E-state index in [1.165, 1.54) is 11.4 Å². The Bertz CT molecular complexity index is 362. The van der Waals surface area contributed by atoms with Gasteiger partial charge in [-0.15, -0.1) is 0 Å². The van der Waals surface area contributed by atoms with Crippen LogP contribution in [-0.2, 0) is 12.1 Å². The molecule has 4 heteroatoms. The lowest BCUT2D eigenvalue weighted by Gasteiger charge is -2.41. The number of rotatable bonds is 0. The summed E-state index contributed by atoms with van der Waals surface area (Å²) in [6.45, 7) is 1.00. The van der Waals surface area contributed by atoms with Crippen molar-refractivity contribution in [2.75, 3.05) is 7.05 Å². The molecule has 1 fully saturated rings. The van der Waals surface area contributed by atoms with E-state index in [0.717, 1.165) is 32.2 Å². The monoisotopic (exact) mass is 206 g/mol. The highest BCUT2D eigenvalue weighted by atomic mass is 15.2. The predicted molar refractivity (Wildman–Crippen MR) is 58.2 cm³/mol. The zero-order valence-corrected chi connectivity index (χ0v) is 9.16. The van der Waals surface area contributed by atoms with Crippen molar-refractivity contribution in [3.63, 3.8) is 0 Å². The maximum Gasteiger partial charge on any atom is 0.0926 e. The number of aromatic amines is 1. The fourth-order valence-corrected chi connectivity index (χ4v) is 3.15. The summed E-state index contributed by atoms with van der Waals surface area (Å²) in [5, 5.41) is 0. The molecule has 0 saturated heterocycles. The smallest absolute Gasteiger partial charge is 0.0926 e. The largest absolute Gasteiger partial charge is 0.347 e. The van der Waals surface area contributed by atoms with Crippen molar-refractivity contribution in [3.05, 3.63) is 17.7 Å². The number of hydrogen-bond donors (Lipinski definition) is 2. The van der Waals surface area contributed by atoms with Gasteiger partial charge in [0.15, 0.2) is 0 Å². The van der Waals surface area contributed by atoms with E-state index in [-0.39, 0.29) is 5.54 Å². The van der Waals surface area contributed by atoms with Gasteiger partial charge in [0, 0.05) is 12.6 Å². The average Bonchev–Trinajstić information content (AvgIpc) is 2.75. The van der Waals surface area contributed by atoms with Crippen LogP contribution < -0.4 is 5.73 Å². The van der Waals surface area contributed by atoms with E-state index in [9.17, 15) is 0 Å². The van der Waals surface area contributed by atoms with Gasteiger partial charge in [0.05, 0.1) is 23.3 Å². The lowest BCUT2D eigenvalue weighted by Crippen LogP contribution is -2.44. The lowest BCUT2D eigenvalue weighted by molar-refractivity contribution is 0.0788. The molecule has 4 nitrogen and oxygen atoms in total. The molecule has 0 bridgehead atoms. The minimum atomic E-state index is 0.186. The summed E-state index contributed by atoms with van der Waals surface area (Å²) in [4.78, 5) is 10.2. The van der Waals surface area contributed by atoms with Crippen LogP contribution >= 0.6 is 0 Å². The molecule has 2 heterocycles. The van der Waals surface area contributed by atoms with Gasteiger partial charge in [0.2, 0.25) is 0 Å². The first-order valence-corrected chi connectivity index (χ1v) is 5.72. The third-order valence-electron chi connectivity index (χ3n) is 4.14. The van der Waals surface area contributed by atoms with Crippen molar-refractivity contribution < 1.29 is 0 Å². The van der Waals surface area contributed by atoms with Gasteiger partial charge in [-0.05, 0) is 32.7 Å². The molecule has 82 valence electrons. The van der Waals surface area contributed by atoms with Gasteiger partial charge in [-0.25, -0.2) is 4.98 Å². The number of aromatic nitrogens is 2. The topological polar surface area (TPSA) is 57.9 Å². The molecule has 3 rings (SSSR count). The van der Waals surface area contributed by atoms with E-state index in [4.69, 9.17) is 5.73 Å². The normalized spacial score (nSPS) is 36.0. The Labute approximate surface area is 89.9 Å². The van der Waals surface area contributed by atoms with Crippen LogP contribution in [0.25, 0.3) is 0 Å². The fourth-order valence-electron chi connectivity index (χ4n) is 3.15. The Morgan fingerprint density at radius 3 is 3.00 bits per heavy atom. The highest BCUT2D eigenvalue weighted by Gasteiger charge is 2.46. The van der Waals surface area contributed by atoms with Crippen molar-refractivity contribution in [1.29, 1.82) is 0 Å². The van der Waals surface area contributed by atoms with E-state index in [2.05, 4.69) is 21.9 Å². The summed E-state index contributed by atoms with van der Waals surface area (Å²) in [6.07, 6.45) is 6.38. The second kappa shape index (κ2) is 3.06. The Balaban J connectivity index is 1.97. The van der Waals surface area contributed by atoms with Crippen molar-refractivity contribution in [3.8, 4) is 0 Å². The fraction of sp³-hybridized carbons (Fsp3) is 0.727. The summed E-state index contributed by atoms with van der Waals surface area (Å²) < 4.78 is 0. The van der Waals surface area contributed by atoms with Gasteiger partial charge < -0.3 is 10.7 Å². The second-order valence-corrected chi connectivity index (χ2v) is 4.95. The first kappa shape index (κ1) is 9.36. The minimum Gasteiger partial charge on any atom is -0.347 e. The third kappa shape index (κ3) is 1.18. The number of imidazole rings is 1. The van der Waals surface area contributed by atoms with Crippen LogP contribution in [0.15, 0.2) is 6.33 Å². The van der Waals surface area contributed by atoms with E-state index in [0.29, 0.717) is 6.04 Å². The molecular weight excluding hydrogens is 188 g/mol. The van der Waals surface area contributed by atoms with Gasteiger partial charge in [-0.2, -0.15) is 0 Å². The van der Waals surface area contributed by atoms with Gasteiger partial charge >= 0.3 is 0 Å². The van der Waals surface area contributed by atoms with Crippen molar-refractivity contribution in [2.45, 2.75) is 43.8 Å². The number of nitrogens with zero attached hydrogens (tertiary/aromatic N) is 2. The van der Waals surface area contributed by atoms with Crippen LogP contribution in [-0.4, -0.2) is 28.0 Å². The van der Waals surface area contributed by atoms with Crippen LogP contribution in [0.1, 0.15) is 37.1 Å². The molecule has 1 aliphatic carbocycles. The molecule has 0 unspecified atom stereocenters. The Hall–Kier alpha value is -0.870.